The van der Waals surface area contributed by atoms with E-state index in [-0.39, 0.29) is 29.1 Å². The van der Waals surface area contributed by atoms with E-state index in [2.05, 4.69) is 0 Å². The van der Waals surface area contributed by atoms with Gasteiger partial charge in [-0.15, -0.1) is 0 Å². The molecule has 7 nitrogen and oxygen atoms in total. The van der Waals surface area contributed by atoms with Gasteiger partial charge in [0.2, 0.25) is 15.9 Å². The predicted molar refractivity (Wildman–Crippen MR) is 124 cm³/mol. The van der Waals surface area contributed by atoms with Crippen molar-refractivity contribution in [2.45, 2.75) is 43.7 Å². The second-order valence-electron chi connectivity index (χ2n) is 8.55. The first-order valence-corrected chi connectivity index (χ1v) is 12.7. The van der Waals surface area contributed by atoms with E-state index >= 15 is 4.39 Å². The molecule has 0 aromatic heterocycles. The molecular formula is C24H30FN3O4S. The Morgan fingerprint density at radius 3 is 2.39 bits per heavy atom. The van der Waals surface area contributed by atoms with Crippen molar-refractivity contribution in [3.05, 3.63) is 53.8 Å². The minimum atomic E-state index is -3.87. The fraction of sp³-hybridized carbons (Fsp3) is 0.458. The van der Waals surface area contributed by atoms with Crippen LogP contribution in [0.5, 0.6) is 5.75 Å². The highest BCUT2D eigenvalue weighted by Gasteiger charge is 2.37. The minimum absolute atomic E-state index is 0.0325. The molecule has 0 bridgehead atoms. The van der Waals surface area contributed by atoms with Gasteiger partial charge in [0.25, 0.3) is 0 Å². The fourth-order valence-corrected chi connectivity index (χ4v) is 6.17. The molecule has 1 aliphatic heterocycles. The van der Waals surface area contributed by atoms with Gasteiger partial charge in [-0.25, -0.2) is 12.8 Å². The van der Waals surface area contributed by atoms with Crippen molar-refractivity contribution in [2.24, 2.45) is 0 Å². The Kier molecular flexibility index (Phi) is 6.90. The standard InChI is InChI=1S/C24H30FN3O4S/c1-18(29)26-12-14-27(15-13-26)21-11-10-19(22(25)16-21)17-28(20-6-5-7-20)33(30,31)24-9-4-3-8-23(24)32-2/h3-4,8-11,16,20H,5-7,12-15,17H2,1-2H3. The minimum Gasteiger partial charge on any atom is -0.495 e. The largest absolute Gasteiger partial charge is 0.495 e. The zero-order valence-electron chi connectivity index (χ0n) is 19.0. The lowest BCUT2D eigenvalue weighted by Crippen LogP contribution is -2.48. The lowest BCUT2D eigenvalue weighted by Gasteiger charge is -2.37. The van der Waals surface area contributed by atoms with E-state index in [4.69, 9.17) is 4.74 Å². The molecule has 1 saturated carbocycles. The van der Waals surface area contributed by atoms with Crippen LogP contribution in [0.4, 0.5) is 10.1 Å². The van der Waals surface area contributed by atoms with Gasteiger partial charge in [0.15, 0.2) is 0 Å². The molecule has 33 heavy (non-hydrogen) atoms. The molecule has 2 fully saturated rings. The number of nitrogens with zero attached hydrogens (tertiary/aromatic N) is 3. The first kappa shape index (κ1) is 23.5. The van der Waals surface area contributed by atoms with Crippen LogP contribution >= 0.6 is 0 Å². The summed E-state index contributed by atoms with van der Waals surface area (Å²) in [6.45, 7) is 3.99. The van der Waals surface area contributed by atoms with E-state index in [1.54, 1.807) is 36.1 Å². The molecule has 2 aromatic rings. The molecule has 0 N–H and O–H groups in total. The van der Waals surface area contributed by atoms with Gasteiger partial charge in [0.1, 0.15) is 16.5 Å². The molecule has 0 unspecified atom stereocenters. The lowest BCUT2D eigenvalue weighted by atomic mass is 9.93. The molecule has 2 aromatic carbocycles. The third-order valence-corrected chi connectivity index (χ3v) is 8.53. The summed E-state index contributed by atoms with van der Waals surface area (Å²) in [4.78, 5) is 15.5. The molecule has 1 saturated heterocycles. The van der Waals surface area contributed by atoms with Crippen LogP contribution < -0.4 is 9.64 Å². The Bertz CT molecular complexity index is 1110. The summed E-state index contributed by atoms with van der Waals surface area (Å²) in [6.07, 6.45) is 2.47. The SMILES string of the molecule is COc1ccccc1S(=O)(=O)N(Cc1ccc(N2CCN(C(C)=O)CC2)cc1F)C1CCC1. The number of carbonyl (C=O) groups is 1. The number of hydrogen-bond acceptors (Lipinski definition) is 5. The van der Waals surface area contributed by atoms with Crippen LogP contribution in [0.1, 0.15) is 31.7 Å². The summed E-state index contributed by atoms with van der Waals surface area (Å²) >= 11 is 0. The molecule has 178 valence electrons. The van der Waals surface area contributed by atoms with Crippen molar-refractivity contribution in [3.8, 4) is 5.75 Å². The summed E-state index contributed by atoms with van der Waals surface area (Å²) in [5.74, 6) is -0.105. The maximum Gasteiger partial charge on any atom is 0.247 e. The quantitative estimate of drug-likeness (QED) is 0.615. The lowest BCUT2D eigenvalue weighted by molar-refractivity contribution is -0.129. The highest BCUT2D eigenvalue weighted by molar-refractivity contribution is 7.89. The smallest absolute Gasteiger partial charge is 0.247 e. The number of para-hydroxylation sites is 1. The van der Waals surface area contributed by atoms with Gasteiger partial charge in [0, 0.05) is 56.9 Å². The van der Waals surface area contributed by atoms with E-state index in [9.17, 15) is 13.2 Å². The van der Waals surface area contributed by atoms with Gasteiger partial charge in [-0.2, -0.15) is 4.31 Å². The molecule has 0 atom stereocenters. The monoisotopic (exact) mass is 475 g/mol. The number of sulfonamides is 1. The second-order valence-corrected chi connectivity index (χ2v) is 10.4. The van der Waals surface area contributed by atoms with Crippen LogP contribution in [0.15, 0.2) is 47.4 Å². The molecule has 0 radical (unpaired) electrons. The number of amides is 1. The average Bonchev–Trinajstić information content (AvgIpc) is 2.78. The Balaban J connectivity index is 1.56. The predicted octanol–water partition coefficient (Wildman–Crippen LogP) is 3.25. The molecule has 1 heterocycles. The number of methoxy groups -OCH3 is 1. The Morgan fingerprint density at radius 1 is 1.12 bits per heavy atom. The zero-order valence-corrected chi connectivity index (χ0v) is 19.9. The highest BCUT2D eigenvalue weighted by Crippen LogP contribution is 2.35. The average molecular weight is 476 g/mol. The van der Waals surface area contributed by atoms with Crippen molar-refractivity contribution in [1.29, 1.82) is 0 Å². The van der Waals surface area contributed by atoms with Crippen LogP contribution in [-0.4, -0.2) is 62.9 Å². The van der Waals surface area contributed by atoms with Gasteiger partial charge in [0.05, 0.1) is 7.11 Å². The number of anilines is 1. The first-order valence-electron chi connectivity index (χ1n) is 11.2. The Labute approximate surface area is 194 Å². The van der Waals surface area contributed by atoms with Crippen molar-refractivity contribution in [1.82, 2.24) is 9.21 Å². The van der Waals surface area contributed by atoms with E-state index in [1.165, 1.54) is 23.5 Å². The van der Waals surface area contributed by atoms with Crippen molar-refractivity contribution < 1.29 is 22.3 Å². The molecule has 1 aliphatic carbocycles. The molecule has 1 amide bonds. The maximum absolute atomic E-state index is 15.2. The number of piperazine rings is 1. The molecule has 9 heteroatoms. The number of rotatable bonds is 7. The van der Waals surface area contributed by atoms with Crippen molar-refractivity contribution in [2.75, 3.05) is 38.2 Å². The molecule has 4 rings (SSSR count). The summed E-state index contributed by atoms with van der Waals surface area (Å²) in [7, 11) is -2.43. The summed E-state index contributed by atoms with van der Waals surface area (Å²) in [5, 5.41) is 0. The normalized spacial score (nSPS) is 17.2. The van der Waals surface area contributed by atoms with Gasteiger partial charge in [-0.3, -0.25) is 4.79 Å². The van der Waals surface area contributed by atoms with Crippen molar-refractivity contribution in [3.63, 3.8) is 0 Å². The first-order chi connectivity index (χ1) is 15.8. The number of carbonyl (C=O) groups excluding carboxylic acids is 1. The highest BCUT2D eigenvalue weighted by atomic mass is 32.2. The fourth-order valence-electron chi connectivity index (χ4n) is 4.35. The van der Waals surface area contributed by atoms with E-state index in [1.807, 2.05) is 11.0 Å². The number of ether oxygens (including phenoxy) is 1. The van der Waals surface area contributed by atoms with Crippen LogP contribution in [0, 0.1) is 5.82 Å². The van der Waals surface area contributed by atoms with E-state index in [0.717, 1.165) is 24.9 Å². The van der Waals surface area contributed by atoms with E-state index in [0.29, 0.717) is 31.7 Å². The van der Waals surface area contributed by atoms with Crippen LogP contribution in [0.25, 0.3) is 0 Å². The third kappa shape index (κ3) is 4.84. The molecule has 0 spiro atoms. The van der Waals surface area contributed by atoms with Crippen LogP contribution in [-0.2, 0) is 21.4 Å². The van der Waals surface area contributed by atoms with Crippen molar-refractivity contribution >= 4 is 21.6 Å². The van der Waals surface area contributed by atoms with Gasteiger partial charge in [-0.1, -0.05) is 24.6 Å². The third-order valence-electron chi connectivity index (χ3n) is 6.59. The summed E-state index contributed by atoms with van der Waals surface area (Å²) in [6, 6.07) is 11.3. The number of halogens is 1. The van der Waals surface area contributed by atoms with Crippen LogP contribution in [0.2, 0.25) is 0 Å². The number of benzene rings is 2. The van der Waals surface area contributed by atoms with Gasteiger partial charge in [-0.05, 0) is 37.1 Å². The Morgan fingerprint density at radius 2 is 1.82 bits per heavy atom. The number of hydrogen-bond donors (Lipinski definition) is 0. The summed E-state index contributed by atoms with van der Waals surface area (Å²) in [5.41, 5.74) is 1.08. The second kappa shape index (κ2) is 9.69. The molecular weight excluding hydrogens is 445 g/mol. The maximum atomic E-state index is 15.2. The van der Waals surface area contributed by atoms with E-state index < -0.39 is 15.8 Å². The zero-order chi connectivity index (χ0) is 23.6. The van der Waals surface area contributed by atoms with Crippen LogP contribution in [0.3, 0.4) is 0 Å². The molecule has 2 aliphatic rings. The Hall–Kier alpha value is -2.65. The summed E-state index contributed by atoms with van der Waals surface area (Å²) < 4.78 is 48.9. The van der Waals surface area contributed by atoms with Gasteiger partial charge < -0.3 is 14.5 Å². The van der Waals surface area contributed by atoms with Gasteiger partial charge >= 0.3 is 0 Å². The topological polar surface area (TPSA) is 70.2 Å².